The van der Waals surface area contributed by atoms with Gasteiger partial charge in [0.05, 0.1) is 0 Å². The van der Waals surface area contributed by atoms with Gasteiger partial charge in [-0.05, 0) is 38.5 Å². The van der Waals surface area contributed by atoms with Crippen LogP contribution in [0.5, 0.6) is 0 Å². The summed E-state index contributed by atoms with van der Waals surface area (Å²) in [6.45, 7) is 12.4. The highest BCUT2D eigenvalue weighted by Gasteiger charge is 2.39. The minimum Gasteiger partial charge on any atom is -0.458 e. The maximum atomic E-state index is 11.7. The lowest BCUT2D eigenvalue weighted by molar-refractivity contribution is -0.139. The highest BCUT2D eigenvalue weighted by atomic mass is 16.6. The Morgan fingerprint density at radius 2 is 2.05 bits per heavy atom. The van der Waals surface area contributed by atoms with E-state index in [-0.39, 0.29) is 23.5 Å². The summed E-state index contributed by atoms with van der Waals surface area (Å²) in [5, 5.41) is 0. The van der Waals surface area contributed by atoms with Crippen LogP contribution in [0, 0.1) is 11.8 Å². The molecule has 1 fully saturated rings. The first-order valence-corrected chi connectivity index (χ1v) is 6.73. The summed E-state index contributed by atoms with van der Waals surface area (Å²) in [5.41, 5.74) is 2.98. The number of hydrogen-bond acceptors (Lipinski definition) is 2. The van der Waals surface area contributed by atoms with E-state index in [4.69, 9.17) is 4.74 Å². The largest absolute Gasteiger partial charge is 0.458 e. The van der Waals surface area contributed by atoms with E-state index in [1.165, 1.54) is 5.57 Å². The van der Waals surface area contributed by atoms with E-state index in [0.717, 1.165) is 31.3 Å². The molecule has 1 aliphatic heterocycles. The summed E-state index contributed by atoms with van der Waals surface area (Å²) >= 11 is 0. The third kappa shape index (κ3) is 3.35. The van der Waals surface area contributed by atoms with Gasteiger partial charge in [0.1, 0.15) is 6.10 Å². The molecule has 3 heteroatoms. The first-order valence-electron chi connectivity index (χ1n) is 6.73. The molecule has 0 unspecified atom stereocenters. The van der Waals surface area contributed by atoms with Crippen molar-refractivity contribution in [2.24, 2.45) is 11.8 Å². The molecule has 0 aromatic rings. The topological polar surface area (TPSA) is 57.8 Å². The molecule has 0 spiro atoms. The van der Waals surface area contributed by atoms with Crippen molar-refractivity contribution in [2.45, 2.75) is 45.6 Å². The minimum absolute atomic E-state index is 0. The Morgan fingerprint density at radius 3 is 2.74 bits per heavy atom. The minimum atomic E-state index is -0.217. The van der Waals surface area contributed by atoms with Gasteiger partial charge in [0.25, 0.3) is 0 Å². The quantitative estimate of drug-likeness (QED) is 0.499. The SMILES string of the molecule is C=C1C[C@H]2C(=C)C(=O)O[C@@H]2C[C@@H](C)CCC=C1C.O. The second-order valence-electron chi connectivity index (χ2n) is 5.69. The normalized spacial score (nSPS) is 32.0. The molecule has 0 radical (unpaired) electrons. The van der Waals surface area contributed by atoms with Gasteiger partial charge >= 0.3 is 5.97 Å². The van der Waals surface area contributed by atoms with Crippen LogP contribution in [0.3, 0.4) is 0 Å². The molecule has 1 saturated heterocycles. The van der Waals surface area contributed by atoms with Crippen LogP contribution in [0.1, 0.15) is 39.5 Å². The molecule has 2 rings (SSSR count). The summed E-state index contributed by atoms with van der Waals surface area (Å²) < 4.78 is 5.46. The van der Waals surface area contributed by atoms with E-state index in [0.29, 0.717) is 11.5 Å². The smallest absolute Gasteiger partial charge is 0.334 e. The molecule has 0 amide bonds. The number of carbonyl (C=O) groups excluding carboxylic acids is 1. The van der Waals surface area contributed by atoms with Crippen molar-refractivity contribution in [3.63, 3.8) is 0 Å². The predicted molar refractivity (Wildman–Crippen MR) is 76.7 cm³/mol. The lowest BCUT2D eigenvalue weighted by Crippen LogP contribution is -2.21. The second-order valence-corrected chi connectivity index (χ2v) is 5.69. The molecule has 3 atom stereocenters. The Bertz CT molecular complexity index is 420. The van der Waals surface area contributed by atoms with Gasteiger partial charge in [0.15, 0.2) is 0 Å². The zero-order chi connectivity index (χ0) is 13.3. The third-order valence-electron chi connectivity index (χ3n) is 4.19. The van der Waals surface area contributed by atoms with Crippen LogP contribution in [-0.2, 0) is 9.53 Å². The molecule has 2 aliphatic rings. The van der Waals surface area contributed by atoms with E-state index in [2.05, 4.69) is 33.1 Å². The first-order chi connectivity index (χ1) is 8.49. The molecule has 0 saturated carbocycles. The van der Waals surface area contributed by atoms with Gasteiger partial charge in [-0.15, -0.1) is 0 Å². The number of esters is 1. The van der Waals surface area contributed by atoms with E-state index >= 15 is 0 Å². The fourth-order valence-electron chi connectivity index (χ4n) is 2.81. The van der Waals surface area contributed by atoms with Crippen molar-refractivity contribution in [1.82, 2.24) is 0 Å². The van der Waals surface area contributed by atoms with Gasteiger partial charge in [-0.25, -0.2) is 4.79 Å². The standard InChI is InChI=1S/C16H22O2.H2O/c1-10-6-5-7-11(2)12(3)9-14-13(4)16(17)18-15(14)8-10;/h7,10,14-15H,3-6,8-9H2,1-2H3;1H2/t10-,14-,15+;/m0./s1. The van der Waals surface area contributed by atoms with Gasteiger partial charge < -0.3 is 10.2 Å². The molecule has 3 nitrogen and oxygen atoms in total. The molecular formula is C16H24O3. The Kier molecular flexibility index (Phi) is 5.12. The molecule has 0 aromatic heterocycles. The van der Waals surface area contributed by atoms with Crippen LogP contribution in [0.15, 0.2) is 36.0 Å². The number of allylic oxidation sites excluding steroid dienone is 3. The van der Waals surface area contributed by atoms with E-state index < -0.39 is 0 Å². The summed E-state index contributed by atoms with van der Waals surface area (Å²) in [6.07, 6.45) is 6.22. The maximum Gasteiger partial charge on any atom is 0.334 e. The van der Waals surface area contributed by atoms with Gasteiger partial charge in [-0.1, -0.05) is 37.3 Å². The Balaban J connectivity index is 0.00000180. The predicted octanol–water partition coefficient (Wildman–Crippen LogP) is 2.97. The van der Waals surface area contributed by atoms with E-state index in [1.807, 2.05) is 0 Å². The van der Waals surface area contributed by atoms with Gasteiger partial charge in [-0.3, -0.25) is 0 Å². The van der Waals surface area contributed by atoms with Crippen molar-refractivity contribution in [3.05, 3.63) is 36.0 Å². The van der Waals surface area contributed by atoms with Crippen LogP contribution in [0.4, 0.5) is 0 Å². The fourth-order valence-corrected chi connectivity index (χ4v) is 2.81. The summed E-state index contributed by atoms with van der Waals surface area (Å²) in [4.78, 5) is 11.7. The number of ether oxygens (including phenoxy) is 1. The number of carbonyl (C=O) groups is 1. The van der Waals surface area contributed by atoms with Crippen LogP contribution in [0.25, 0.3) is 0 Å². The summed E-state index contributed by atoms with van der Waals surface area (Å²) in [7, 11) is 0. The highest BCUT2D eigenvalue weighted by molar-refractivity contribution is 5.90. The monoisotopic (exact) mass is 264 g/mol. The average Bonchev–Trinajstić information content (AvgIpc) is 2.56. The van der Waals surface area contributed by atoms with E-state index in [9.17, 15) is 4.79 Å². The van der Waals surface area contributed by atoms with Crippen molar-refractivity contribution < 1.29 is 15.0 Å². The number of hydrogen-bond donors (Lipinski definition) is 0. The molecule has 106 valence electrons. The molecule has 0 aromatic carbocycles. The fraction of sp³-hybridized carbons (Fsp3) is 0.562. The number of rotatable bonds is 0. The molecule has 0 bridgehead atoms. The lowest BCUT2D eigenvalue weighted by atomic mass is 9.82. The van der Waals surface area contributed by atoms with Gasteiger partial charge in [0, 0.05) is 11.5 Å². The molecule has 1 heterocycles. The van der Waals surface area contributed by atoms with Crippen molar-refractivity contribution in [2.75, 3.05) is 0 Å². The van der Waals surface area contributed by atoms with Crippen molar-refractivity contribution in [1.29, 1.82) is 0 Å². The average molecular weight is 264 g/mol. The third-order valence-corrected chi connectivity index (χ3v) is 4.19. The second kappa shape index (κ2) is 6.20. The first kappa shape index (κ1) is 15.7. The molecule has 2 N–H and O–H groups in total. The lowest BCUT2D eigenvalue weighted by Gasteiger charge is -2.23. The van der Waals surface area contributed by atoms with Crippen LogP contribution < -0.4 is 0 Å². The maximum absolute atomic E-state index is 11.7. The zero-order valence-electron chi connectivity index (χ0n) is 11.9. The van der Waals surface area contributed by atoms with Crippen LogP contribution in [0.2, 0.25) is 0 Å². The zero-order valence-corrected chi connectivity index (χ0v) is 11.9. The Labute approximate surface area is 115 Å². The molecular weight excluding hydrogens is 240 g/mol. The van der Waals surface area contributed by atoms with Gasteiger partial charge in [-0.2, -0.15) is 0 Å². The van der Waals surface area contributed by atoms with E-state index in [1.54, 1.807) is 0 Å². The molecule has 19 heavy (non-hydrogen) atoms. The van der Waals surface area contributed by atoms with Crippen molar-refractivity contribution >= 4 is 5.97 Å². The number of fused-ring (bicyclic) bond motifs is 1. The Morgan fingerprint density at radius 1 is 1.37 bits per heavy atom. The Hall–Kier alpha value is -1.35. The van der Waals surface area contributed by atoms with Crippen molar-refractivity contribution in [3.8, 4) is 0 Å². The summed E-state index contributed by atoms with van der Waals surface area (Å²) in [6, 6.07) is 0. The van der Waals surface area contributed by atoms with Crippen LogP contribution >= 0.6 is 0 Å². The molecule has 1 aliphatic carbocycles. The summed E-state index contributed by atoms with van der Waals surface area (Å²) in [5.74, 6) is 0.478. The highest BCUT2D eigenvalue weighted by Crippen LogP contribution is 2.37. The van der Waals surface area contributed by atoms with Crippen LogP contribution in [-0.4, -0.2) is 17.5 Å². The van der Waals surface area contributed by atoms with Gasteiger partial charge in [0.2, 0.25) is 0 Å².